The molecule has 0 saturated carbocycles. The minimum absolute atomic E-state index is 0.0706. The number of nitrogens with zero attached hydrogens (tertiary/aromatic N) is 3. The van der Waals surface area contributed by atoms with Crippen molar-refractivity contribution >= 4 is 11.9 Å². The number of carbonyl (C=O) groups is 2. The zero-order valence-corrected chi connectivity index (χ0v) is 16.7. The van der Waals surface area contributed by atoms with Gasteiger partial charge in [0, 0.05) is 24.7 Å². The average Bonchev–Trinajstić information content (AvgIpc) is 2.75. The molecule has 3 rings (SSSR count). The highest BCUT2D eigenvalue weighted by atomic mass is 16.5. The molecule has 8 nitrogen and oxygen atoms in total. The van der Waals surface area contributed by atoms with Crippen molar-refractivity contribution in [1.82, 2.24) is 14.5 Å². The molecule has 1 aromatic carbocycles. The highest BCUT2D eigenvalue weighted by Gasteiger charge is 2.28. The van der Waals surface area contributed by atoms with Gasteiger partial charge in [-0.05, 0) is 44.0 Å². The van der Waals surface area contributed by atoms with Crippen molar-refractivity contribution in [2.75, 3.05) is 26.8 Å². The van der Waals surface area contributed by atoms with E-state index in [0.29, 0.717) is 38.2 Å². The number of methoxy groups -OCH3 is 1. The van der Waals surface area contributed by atoms with E-state index in [9.17, 15) is 14.4 Å². The summed E-state index contributed by atoms with van der Waals surface area (Å²) in [7, 11) is 1.59. The van der Waals surface area contributed by atoms with Crippen LogP contribution >= 0.6 is 0 Å². The fourth-order valence-electron chi connectivity index (χ4n) is 3.33. The molecule has 1 fully saturated rings. The zero-order chi connectivity index (χ0) is 20.8. The first-order valence-electron chi connectivity index (χ1n) is 9.67. The molecule has 0 radical (unpaired) electrons. The van der Waals surface area contributed by atoms with Gasteiger partial charge in [-0.25, -0.2) is 4.98 Å². The van der Waals surface area contributed by atoms with Gasteiger partial charge in [-0.3, -0.25) is 19.0 Å². The van der Waals surface area contributed by atoms with E-state index in [1.807, 2.05) is 12.1 Å². The Hall–Kier alpha value is -3.16. The minimum Gasteiger partial charge on any atom is -0.497 e. The van der Waals surface area contributed by atoms with Crippen LogP contribution in [0.25, 0.3) is 11.3 Å². The topological polar surface area (TPSA) is 90.7 Å². The summed E-state index contributed by atoms with van der Waals surface area (Å²) in [5, 5.41) is 0. The number of hydrogen-bond acceptors (Lipinski definition) is 6. The van der Waals surface area contributed by atoms with Gasteiger partial charge in [-0.2, -0.15) is 0 Å². The van der Waals surface area contributed by atoms with Crippen LogP contribution in [-0.4, -0.2) is 53.1 Å². The molecule has 0 aliphatic carbocycles. The molecule has 0 unspecified atom stereocenters. The Balaban J connectivity index is 1.61. The normalized spacial score (nSPS) is 14.5. The molecule has 1 aliphatic rings. The van der Waals surface area contributed by atoms with Gasteiger partial charge >= 0.3 is 5.97 Å². The molecule has 8 heteroatoms. The molecular formula is C21H25N3O5. The first-order valence-corrected chi connectivity index (χ1v) is 9.67. The van der Waals surface area contributed by atoms with Crippen LogP contribution in [0.15, 0.2) is 41.5 Å². The summed E-state index contributed by atoms with van der Waals surface area (Å²) < 4.78 is 11.5. The summed E-state index contributed by atoms with van der Waals surface area (Å²) in [6.07, 6.45) is 2.55. The zero-order valence-electron chi connectivity index (χ0n) is 16.7. The van der Waals surface area contributed by atoms with Gasteiger partial charge in [0.25, 0.3) is 5.56 Å². The van der Waals surface area contributed by atoms with Crippen LogP contribution in [0.3, 0.4) is 0 Å². The Bertz CT molecular complexity index is 915. The molecule has 2 aromatic rings. The monoisotopic (exact) mass is 399 g/mol. The van der Waals surface area contributed by atoms with Gasteiger partial charge in [0.2, 0.25) is 5.91 Å². The largest absolute Gasteiger partial charge is 0.497 e. The Labute approximate surface area is 169 Å². The average molecular weight is 399 g/mol. The standard InChI is InChI=1S/C21H25N3O5/c1-3-29-21(27)16-8-10-23(11-9-16)20(26)13-24-14-22-18(12-19(24)25)15-4-6-17(28-2)7-5-15/h4-7,12,14,16H,3,8-11,13H2,1-2H3. The predicted molar refractivity (Wildman–Crippen MR) is 106 cm³/mol. The Morgan fingerprint density at radius 3 is 2.45 bits per heavy atom. The van der Waals surface area contributed by atoms with Crippen LogP contribution in [0.5, 0.6) is 5.75 Å². The summed E-state index contributed by atoms with van der Waals surface area (Å²) in [5.74, 6) is 0.203. The SMILES string of the molecule is CCOC(=O)C1CCN(C(=O)Cn2cnc(-c3ccc(OC)cc3)cc2=O)CC1. The number of likely N-dealkylation sites (tertiary alicyclic amines) is 1. The number of benzene rings is 1. The molecule has 2 heterocycles. The van der Waals surface area contributed by atoms with Gasteiger partial charge < -0.3 is 14.4 Å². The quantitative estimate of drug-likeness (QED) is 0.687. The van der Waals surface area contributed by atoms with Gasteiger partial charge in [0.15, 0.2) is 0 Å². The Morgan fingerprint density at radius 1 is 1.17 bits per heavy atom. The maximum atomic E-state index is 12.6. The second-order valence-corrected chi connectivity index (χ2v) is 6.88. The summed E-state index contributed by atoms with van der Waals surface area (Å²) >= 11 is 0. The lowest BCUT2D eigenvalue weighted by atomic mass is 9.97. The predicted octanol–water partition coefficient (Wildman–Crippen LogP) is 1.72. The lowest BCUT2D eigenvalue weighted by Gasteiger charge is -2.31. The molecule has 29 heavy (non-hydrogen) atoms. The van der Waals surface area contributed by atoms with Crippen LogP contribution in [0.2, 0.25) is 0 Å². The van der Waals surface area contributed by atoms with E-state index >= 15 is 0 Å². The third-order valence-electron chi connectivity index (χ3n) is 5.04. The maximum absolute atomic E-state index is 12.6. The van der Waals surface area contributed by atoms with Gasteiger partial charge in [0.1, 0.15) is 12.3 Å². The van der Waals surface area contributed by atoms with Crippen molar-refractivity contribution in [2.45, 2.75) is 26.3 Å². The van der Waals surface area contributed by atoms with Crippen LogP contribution < -0.4 is 10.3 Å². The first-order chi connectivity index (χ1) is 14.0. The van der Waals surface area contributed by atoms with Crippen molar-refractivity contribution in [2.24, 2.45) is 5.92 Å². The minimum atomic E-state index is -0.291. The van der Waals surface area contributed by atoms with E-state index in [2.05, 4.69) is 4.98 Å². The number of hydrogen-bond donors (Lipinski definition) is 0. The van der Waals surface area contributed by atoms with E-state index in [0.717, 1.165) is 11.3 Å². The molecule has 0 bridgehead atoms. The number of esters is 1. The molecule has 1 aliphatic heterocycles. The van der Waals surface area contributed by atoms with Gasteiger partial charge in [-0.15, -0.1) is 0 Å². The van der Waals surface area contributed by atoms with Crippen molar-refractivity contribution in [1.29, 1.82) is 0 Å². The third-order valence-corrected chi connectivity index (χ3v) is 5.04. The summed E-state index contributed by atoms with van der Waals surface area (Å²) in [4.78, 5) is 42.8. The maximum Gasteiger partial charge on any atom is 0.309 e. The van der Waals surface area contributed by atoms with E-state index in [1.54, 1.807) is 31.1 Å². The second kappa shape index (κ2) is 9.36. The number of amides is 1. The number of aromatic nitrogens is 2. The summed E-state index contributed by atoms with van der Waals surface area (Å²) in [5.41, 5.74) is 1.04. The molecule has 1 aromatic heterocycles. The highest BCUT2D eigenvalue weighted by Crippen LogP contribution is 2.20. The molecular weight excluding hydrogens is 374 g/mol. The number of rotatable bonds is 6. The van der Waals surface area contributed by atoms with Crippen LogP contribution in [0, 0.1) is 5.92 Å². The van der Waals surface area contributed by atoms with Crippen LogP contribution in [0.4, 0.5) is 0 Å². The smallest absolute Gasteiger partial charge is 0.309 e. The first kappa shape index (κ1) is 20.6. The van der Waals surface area contributed by atoms with E-state index in [-0.39, 0.29) is 29.9 Å². The second-order valence-electron chi connectivity index (χ2n) is 6.88. The fraction of sp³-hybridized carbons (Fsp3) is 0.429. The van der Waals surface area contributed by atoms with Crippen molar-refractivity contribution < 1.29 is 19.1 Å². The molecule has 154 valence electrons. The van der Waals surface area contributed by atoms with Gasteiger partial charge in [-0.1, -0.05) is 0 Å². The molecule has 0 spiro atoms. The van der Waals surface area contributed by atoms with Crippen LogP contribution in [0.1, 0.15) is 19.8 Å². The van der Waals surface area contributed by atoms with Crippen molar-refractivity contribution in [3.05, 3.63) is 47.0 Å². The van der Waals surface area contributed by atoms with Crippen molar-refractivity contribution in [3.63, 3.8) is 0 Å². The van der Waals surface area contributed by atoms with E-state index < -0.39 is 0 Å². The lowest BCUT2D eigenvalue weighted by Crippen LogP contribution is -2.43. The summed E-state index contributed by atoms with van der Waals surface area (Å²) in [6.45, 7) is 3.03. The molecule has 0 N–H and O–H groups in total. The number of ether oxygens (including phenoxy) is 2. The number of carbonyl (C=O) groups excluding carboxylic acids is 2. The van der Waals surface area contributed by atoms with Gasteiger partial charge in [0.05, 0.1) is 31.7 Å². The molecule has 1 saturated heterocycles. The van der Waals surface area contributed by atoms with E-state index in [4.69, 9.17) is 9.47 Å². The summed E-state index contributed by atoms with van der Waals surface area (Å²) in [6, 6.07) is 8.66. The molecule has 0 atom stereocenters. The number of piperidine rings is 1. The van der Waals surface area contributed by atoms with Crippen LogP contribution in [-0.2, 0) is 20.9 Å². The fourth-order valence-corrected chi connectivity index (χ4v) is 3.33. The van der Waals surface area contributed by atoms with E-state index in [1.165, 1.54) is 17.0 Å². The van der Waals surface area contributed by atoms with Crippen molar-refractivity contribution in [3.8, 4) is 17.0 Å². The third kappa shape index (κ3) is 5.01. The highest BCUT2D eigenvalue weighted by molar-refractivity contribution is 5.77. The lowest BCUT2D eigenvalue weighted by molar-refractivity contribution is -0.151. The Morgan fingerprint density at radius 2 is 1.86 bits per heavy atom. The molecule has 1 amide bonds. The Kier molecular flexibility index (Phi) is 6.64.